The molecule has 2 rings (SSSR count). The van der Waals surface area contributed by atoms with E-state index >= 15 is 0 Å². The Hall–Kier alpha value is -1.09. The number of carbonyl (C=O) groups is 1. The lowest BCUT2D eigenvalue weighted by molar-refractivity contribution is -0.125. The predicted octanol–water partition coefficient (Wildman–Crippen LogP) is 3.08. The van der Waals surface area contributed by atoms with Crippen LogP contribution < -0.4 is 5.73 Å². The molecular weight excluding hydrogens is 241 g/mol. The Morgan fingerprint density at radius 1 is 1.41 bits per heavy atom. The first kappa shape index (κ1) is 12.4. The average Bonchev–Trinajstić information content (AvgIpc) is 2.73. The molecule has 2 nitrogen and oxygen atoms in total. The third-order valence-corrected chi connectivity index (χ3v) is 3.66. The second kappa shape index (κ2) is 4.65. The van der Waals surface area contributed by atoms with E-state index in [1.807, 2.05) is 6.42 Å². The molecule has 0 aromatic heterocycles. The van der Waals surface area contributed by atoms with Crippen molar-refractivity contribution in [3.05, 3.63) is 41.0 Å². The fourth-order valence-electron chi connectivity index (χ4n) is 2.39. The van der Waals surface area contributed by atoms with E-state index in [1.54, 1.807) is 6.07 Å². The first-order chi connectivity index (χ1) is 8.03. The van der Waals surface area contributed by atoms with Gasteiger partial charge in [-0.05, 0) is 30.5 Å². The van der Waals surface area contributed by atoms with Crippen LogP contribution >= 0.6 is 11.6 Å². The monoisotopic (exact) mass is 254 g/mol. The van der Waals surface area contributed by atoms with Crippen LogP contribution in [0.3, 0.4) is 0 Å². The summed E-state index contributed by atoms with van der Waals surface area (Å²) in [4.78, 5) is 11.6. The summed E-state index contributed by atoms with van der Waals surface area (Å²) < 4.78 is 13.0. The standard InChI is InChI=1S/C13H14ClFNO/c14-10-7-9(3-4-11(10)15)8-13(12(16)17)5-1-2-6-13/h3-4,7-8H,1-2,5-6H2,(H2,16,17). The highest BCUT2D eigenvalue weighted by Crippen LogP contribution is 2.42. The minimum atomic E-state index is -0.582. The van der Waals surface area contributed by atoms with Crippen LogP contribution in [0.25, 0.3) is 0 Å². The van der Waals surface area contributed by atoms with Gasteiger partial charge in [-0.3, -0.25) is 4.79 Å². The van der Waals surface area contributed by atoms with E-state index in [-0.39, 0.29) is 10.9 Å². The van der Waals surface area contributed by atoms with Gasteiger partial charge in [-0.25, -0.2) is 4.39 Å². The summed E-state index contributed by atoms with van der Waals surface area (Å²) in [6.45, 7) is 0. The molecule has 0 aliphatic heterocycles. The Bertz CT molecular complexity index is 441. The van der Waals surface area contributed by atoms with Crippen molar-refractivity contribution in [2.75, 3.05) is 0 Å². The van der Waals surface area contributed by atoms with Gasteiger partial charge in [0.1, 0.15) is 5.82 Å². The predicted molar refractivity (Wildman–Crippen MR) is 64.9 cm³/mol. The third-order valence-electron chi connectivity index (χ3n) is 3.37. The van der Waals surface area contributed by atoms with Crippen molar-refractivity contribution in [1.82, 2.24) is 0 Å². The number of halogens is 2. The maximum atomic E-state index is 13.0. The van der Waals surface area contributed by atoms with E-state index in [0.717, 1.165) is 31.2 Å². The van der Waals surface area contributed by atoms with E-state index in [9.17, 15) is 9.18 Å². The Labute approximate surface area is 105 Å². The molecule has 0 saturated heterocycles. The third kappa shape index (κ3) is 2.44. The maximum absolute atomic E-state index is 13.0. The number of hydrogen-bond acceptors (Lipinski definition) is 1. The van der Waals surface area contributed by atoms with Gasteiger partial charge < -0.3 is 5.73 Å². The zero-order valence-electron chi connectivity index (χ0n) is 9.38. The molecular formula is C13H14ClFNO. The maximum Gasteiger partial charge on any atom is 0.224 e. The van der Waals surface area contributed by atoms with Gasteiger partial charge in [0.2, 0.25) is 5.91 Å². The second-order valence-corrected chi connectivity index (χ2v) is 4.95. The molecule has 1 aromatic rings. The topological polar surface area (TPSA) is 43.1 Å². The first-order valence-corrected chi connectivity index (χ1v) is 6.02. The molecule has 0 spiro atoms. The van der Waals surface area contributed by atoms with Gasteiger partial charge in [-0.1, -0.05) is 30.5 Å². The van der Waals surface area contributed by atoms with Gasteiger partial charge in [0.15, 0.2) is 0 Å². The highest BCUT2D eigenvalue weighted by atomic mass is 35.5. The summed E-state index contributed by atoms with van der Waals surface area (Å²) in [5.41, 5.74) is 5.64. The molecule has 0 heterocycles. The molecule has 1 aliphatic rings. The SMILES string of the molecule is NC(=O)C1([CH]c2ccc(F)c(Cl)c2)CCCC1. The van der Waals surface area contributed by atoms with Gasteiger partial charge in [0.05, 0.1) is 10.4 Å². The lowest BCUT2D eigenvalue weighted by Gasteiger charge is -2.24. The minimum absolute atomic E-state index is 0.0661. The van der Waals surface area contributed by atoms with Crippen LogP contribution in [0.4, 0.5) is 4.39 Å². The van der Waals surface area contributed by atoms with Crippen LogP contribution in [-0.4, -0.2) is 5.91 Å². The molecule has 1 fully saturated rings. The number of rotatable bonds is 3. The molecule has 4 heteroatoms. The summed E-state index contributed by atoms with van der Waals surface area (Å²) in [6.07, 6.45) is 5.34. The van der Waals surface area contributed by atoms with E-state index in [2.05, 4.69) is 0 Å². The van der Waals surface area contributed by atoms with Crippen molar-refractivity contribution < 1.29 is 9.18 Å². The lowest BCUT2D eigenvalue weighted by Crippen LogP contribution is -2.35. The summed E-state index contributed by atoms with van der Waals surface area (Å²) in [7, 11) is 0. The van der Waals surface area contributed by atoms with E-state index in [4.69, 9.17) is 17.3 Å². The smallest absolute Gasteiger partial charge is 0.224 e. The normalized spacial score (nSPS) is 18.2. The Balaban J connectivity index is 2.23. The van der Waals surface area contributed by atoms with Crippen molar-refractivity contribution in [3.8, 4) is 0 Å². The molecule has 0 bridgehead atoms. The Morgan fingerprint density at radius 2 is 2.06 bits per heavy atom. The number of nitrogens with two attached hydrogens (primary N) is 1. The highest BCUT2D eigenvalue weighted by molar-refractivity contribution is 6.30. The summed E-state index contributed by atoms with van der Waals surface area (Å²) >= 11 is 5.71. The van der Waals surface area contributed by atoms with Gasteiger partial charge in [0.25, 0.3) is 0 Å². The molecule has 0 atom stereocenters. The Morgan fingerprint density at radius 3 is 2.59 bits per heavy atom. The van der Waals surface area contributed by atoms with E-state index in [0.29, 0.717) is 0 Å². The summed E-state index contributed by atoms with van der Waals surface area (Å²) in [5.74, 6) is -0.765. The lowest BCUT2D eigenvalue weighted by atomic mass is 9.79. The number of hydrogen-bond donors (Lipinski definition) is 1. The van der Waals surface area contributed by atoms with E-state index < -0.39 is 11.2 Å². The fourth-order valence-corrected chi connectivity index (χ4v) is 2.58. The van der Waals surface area contributed by atoms with E-state index in [1.165, 1.54) is 12.1 Å². The van der Waals surface area contributed by atoms with Crippen molar-refractivity contribution in [2.24, 2.45) is 11.1 Å². The van der Waals surface area contributed by atoms with Crippen LogP contribution in [0.2, 0.25) is 5.02 Å². The van der Waals surface area contributed by atoms with Crippen LogP contribution in [-0.2, 0) is 4.79 Å². The van der Waals surface area contributed by atoms with Crippen molar-refractivity contribution in [2.45, 2.75) is 25.7 Å². The second-order valence-electron chi connectivity index (χ2n) is 4.55. The highest BCUT2D eigenvalue weighted by Gasteiger charge is 2.39. The fraction of sp³-hybridized carbons (Fsp3) is 0.385. The van der Waals surface area contributed by atoms with Crippen LogP contribution in [0.5, 0.6) is 0 Å². The van der Waals surface area contributed by atoms with Crippen molar-refractivity contribution >= 4 is 17.5 Å². The van der Waals surface area contributed by atoms with Crippen molar-refractivity contribution in [1.29, 1.82) is 0 Å². The molecule has 17 heavy (non-hydrogen) atoms. The quantitative estimate of drug-likeness (QED) is 0.885. The Kier molecular flexibility index (Phi) is 3.38. The van der Waals surface area contributed by atoms with Crippen LogP contribution in [0, 0.1) is 17.7 Å². The molecule has 2 N–H and O–H groups in total. The number of amides is 1. The van der Waals surface area contributed by atoms with Gasteiger partial charge >= 0.3 is 0 Å². The zero-order chi connectivity index (χ0) is 12.5. The molecule has 91 valence electrons. The van der Waals surface area contributed by atoms with Crippen LogP contribution in [0.1, 0.15) is 31.2 Å². The molecule has 1 radical (unpaired) electrons. The zero-order valence-corrected chi connectivity index (χ0v) is 10.1. The van der Waals surface area contributed by atoms with Gasteiger partial charge in [-0.2, -0.15) is 0 Å². The van der Waals surface area contributed by atoms with Gasteiger partial charge in [-0.15, -0.1) is 0 Å². The van der Waals surface area contributed by atoms with Crippen LogP contribution in [0.15, 0.2) is 18.2 Å². The molecule has 1 aliphatic carbocycles. The summed E-state index contributed by atoms with van der Waals surface area (Å²) in [6, 6.07) is 4.45. The average molecular weight is 255 g/mol. The molecule has 1 saturated carbocycles. The number of carbonyl (C=O) groups excluding carboxylic acids is 1. The molecule has 1 amide bonds. The van der Waals surface area contributed by atoms with Gasteiger partial charge in [0, 0.05) is 6.42 Å². The van der Waals surface area contributed by atoms with Crippen molar-refractivity contribution in [3.63, 3.8) is 0 Å². The number of primary amides is 1. The number of benzene rings is 1. The minimum Gasteiger partial charge on any atom is -0.369 e. The molecule has 0 unspecified atom stereocenters. The largest absolute Gasteiger partial charge is 0.369 e. The molecule has 1 aromatic carbocycles. The first-order valence-electron chi connectivity index (χ1n) is 5.64. The summed E-state index contributed by atoms with van der Waals surface area (Å²) in [5, 5.41) is 0.0661.